The van der Waals surface area contributed by atoms with Gasteiger partial charge in [0.2, 0.25) is 0 Å². The van der Waals surface area contributed by atoms with Gasteiger partial charge in [-0.05, 0) is 36.8 Å². The van der Waals surface area contributed by atoms with E-state index in [-0.39, 0.29) is 13.2 Å². The van der Waals surface area contributed by atoms with Crippen LogP contribution in [0.1, 0.15) is 18.9 Å². The highest BCUT2D eigenvalue weighted by atomic mass is 35.5. The zero-order chi connectivity index (χ0) is 16.5. The molecule has 0 unspecified atom stereocenters. The molecule has 2 rings (SSSR count). The molecule has 2 aromatic rings. The molecule has 0 spiro atoms. The van der Waals surface area contributed by atoms with Gasteiger partial charge in [0, 0.05) is 11.8 Å². The molecular formula is C17H18ClNO4. The summed E-state index contributed by atoms with van der Waals surface area (Å²) in [5.74, 6) is 0.905. The second-order valence-corrected chi connectivity index (χ2v) is 5.15. The fourth-order valence-corrected chi connectivity index (χ4v) is 1.80. The van der Waals surface area contributed by atoms with Gasteiger partial charge >= 0.3 is 5.97 Å². The van der Waals surface area contributed by atoms with Gasteiger partial charge in [-0.15, -0.1) is 0 Å². The third-order valence-electron chi connectivity index (χ3n) is 2.84. The summed E-state index contributed by atoms with van der Waals surface area (Å²) in [4.78, 5) is 15.6. The van der Waals surface area contributed by atoms with Gasteiger partial charge in [0.15, 0.2) is 6.61 Å². The maximum Gasteiger partial charge on any atom is 0.344 e. The van der Waals surface area contributed by atoms with Crippen molar-refractivity contribution in [1.82, 2.24) is 4.98 Å². The molecule has 5 nitrogen and oxygen atoms in total. The maximum atomic E-state index is 11.6. The van der Waals surface area contributed by atoms with Crippen molar-refractivity contribution in [3.63, 3.8) is 0 Å². The number of nitrogens with zero attached hydrogens (tertiary/aromatic N) is 1. The minimum atomic E-state index is -0.453. The first-order valence-electron chi connectivity index (χ1n) is 7.29. The quantitative estimate of drug-likeness (QED) is 0.544. The maximum absolute atomic E-state index is 11.6. The molecule has 0 bridgehead atoms. The lowest BCUT2D eigenvalue weighted by atomic mass is 10.3. The van der Waals surface area contributed by atoms with Crippen molar-refractivity contribution in [3.8, 4) is 11.5 Å². The summed E-state index contributed by atoms with van der Waals surface area (Å²) in [5, 5.41) is 0.398. The molecule has 1 aromatic heterocycles. The van der Waals surface area contributed by atoms with Crippen molar-refractivity contribution < 1.29 is 19.0 Å². The number of halogens is 1. The molecule has 0 radical (unpaired) electrons. The fraction of sp³-hybridized carbons (Fsp3) is 0.294. The molecule has 0 aliphatic rings. The Morgan fingerprint density at radius 3 is 2.39 bits per heavy atom. The van der Waals surface area contributed by atoms with Gasteiger partial charge < -0.3 is 14.2 Å². The van der Waals surface area contributed by atoms with Crippen molar-refractivity contribution in [2.45, 2.75) is 20.0 Å². The number of rotatable bonds is 8. The van der Waals surface area contributed by atoms with E-state index in [1.165, 1.54) is 0 Å². The van der Waals surface area contributed by atoms with E-state index >= 15 is 0 Å². The Morgan fingerprint density at radius 1 is 1.09 bits per heavy atom. The first kappa shape index (κ1) is 17.1. The van der Waals surface area contributed by atoms with E-state index in [0.29, 0.717) is 17.5 Å². The zero-order valence-electron chi connectivity index (χ0n) is 12.8. The molecule has 122 valence electrons. The van der Waals surface area contributed by atoms with Crippen molar-refractivity contribution >= 4 is 17.6 Å². The minimum Gasteiger partial charge on any atom is -0.494 e. The Hall–Kier alpha value is -2.27. The lowest BCUT2D eigenvalue weighted by Crippen LogP contribution is -2.14. The number of aromatic nitrogens is 1. The van der Waals surface area contributed by atoms with Gasteiger partial charge in [-0.1, -0.05) is 24.6 Å². The fourth-order valence-electron chi connectivity index (χ4n) is 1.69. The monoisotopic (exact) mass is 335 g/mol. The standard InChI is InChI=1S/C17H18ClNO4/c1-2-9-21-14-4-6-15(7-5-14)22-12-17(20)23-11-13-3-8-16(18)19-10-13/h3-8,10H,2,9,11-12H2,1H3. The Labute approximate surface area is 140 Å². The van der Waals surface area contributed by atoms with Gasteiger partial charge in [0.25, 0.3) is 0 Å². The van der Waals surface area contributed by atoms with E-state index < -0.39 is 5.97 Å². The number of hydrogen-bond acceptors (Lipinski definition) is 5. The summed E-state index contributed by atoms with van der Waals surface area (Å²) in [5.41, 5.74) is 0.764. The summed E-state index contributed by atoms with van der Waals surface area (Å²) in [6.07, 6.45) is 2.51. The first-order chi connectivity index (χ1) is 11.2. The number of carbonyl (C=O) groups excluding carboxylic acids is 1. The molecule has 0 atom stereocenters. The minimum absolute atomic E-state index is 0.135. The van der Waals surface area contributed by atoms with E-state index in [4.69, 9.17) is 25.8 Å². The SMILES string of the molecule is CCCOc1ccc(OCC(=O)OCc2ccc(Cl)nc2)cc1. The summed E-state index contributed by atoms with van der Waals surface area (Å²) in [6.45, 7) is 2.70. The Balaban J connectivity index is 1.72. The van der Waals surface area contributed by atoms with Crippen LogP contribution in [-0.2, 0) is 16.1 Å². The highest BCUT2D eigenvalue weighted by Crippen LogP contribution is 2.17. The summed E-state index contributed by atoms with van der Waals surface area (Å²) in [7, 11) is 0. The van der Waals surface area contributed by atoms with Crippen LogP contribution in [0.2, 0.25) is 5.15 Å². The van der Waals surface area contributed by atoms with Crippen LogP contribution in [-0.4, -0.2) is 24.2 Å². The van der Waals surface area contributed by atoms with Gasteiger partial charge in [0.1, 0.15) is 23.3 Å². The molecule has 0 aliphatic heterocycles. The lowest BCUT2D eigenvalue weighted by molar-refractivity contribution is -0.147. The number of carbonyl (C=O) groups is 1. The van der Waals surface area contributed by atoms with Crippen LogP contribution in [0.25, 0.3) is 0 Å². The van der Waals surface area contributed by atoms with Crippen LogP contribution < -0.4 is 9.47 Å². The van der Waals surface area contributed by atoms with E-state index in [1.807, 2.05) is 6.92 Å². The number of hydrogen-bond donors (Lipinski definition) is 0. The van der Waals surface area contributed by atoms with Crippen molar-refractivity contribution in [3.05, 3.63) is 53.3 Å². The van der Waals surface area contributed by atoms with Gasteiger partial charge in [-0.3, -0.25) is 0 Å². The smallest absolute Gasteiger partial charge is 0.344 e. The van der Waals surface area contributed by atoms with Gasteiger partial charge in [0.05, 0.1) is 6.61 Å². The second kappa shape index (κ2) is 9.00. The average Bonchev–Trinajstić information content (AvgIpc) is 2.58. The molecule has 1 aromatic carbocycles. The molecule has 1 heterocycles. The highest BCUT2D eigenvalue weighted by molar-refractivity contribution is 6.29. The second-order valence-electron chi connectivity index (χ2n) is 4.76. The van der Waals surface area contributed by atoms with E-state index in [9.17, 15) is 4.79 Å². The molecule has 0 fully saturated rings. The average molecular weight is 336 g/mol. The predicted molar refractivity (Wildman–Crippen MR) is 86.8 cm³/mol. The molecule has 0 amide bonds. The highest BCUT2D eigenvalue weighted by Gasteiger charge is 2.05. The third kappa shape index (κ3) is 6.16. The normalized spacial score (nSPS) is 10.2. The Kier molecular flexibility index (Phi) is 6.69. The van der Waals surface area contributed by atoms with Crippen LogP contribution in [0.3, 0.4) is 0 Å². The van der Waals surface area contributed by atoms with Crippen LogP contribution in [0.15, 0.2) is 42.6 Å². The topological polar surface area (TPSA) is 57.7 Å². The first-order valence-corrected chi connectivity index (χ1v) is 7.67. The van der Waals surface area contributed by atoms with Crippen LogP contribution in [0, 0.1) is 0 Å². The number of pyridine rings is 1. The molecule has 23 heavy (non-hydrogen) atoms. The molecule has 0 N–H and O–H groups in total. The van der Waals surface area contributed by atoms with Crippen molar-refractivity contribution in [2.75, 3.05) is 13.2 Å². The number of esters is 1. The van der Waals surface area contributed by atoms with Crippen LogP contribution >= 0.6 is 11.6 Å². The summed E-state index contributed by atoms with van der Waals surface area (Å²) < 4.78 is 15.9. The van der Waals surface area contributed by atoms with Gasteiger partial charge in [-0.2, -0.15) is 0 Å². The molecule has 6 heteroatoms. The van der Waals surface area contributed by atoms with E-state index in [2.05, 4.69) is 4.98 Å². The number of ether oxygens (including phenoxy) is 3. The molecule has 0 aliphatic carbocycles. The summed E-state index contributed by atoms with van der Waals surface area (Å²) >= 11 is 5.68. The number of benzene rings is 1. The molecule has 0 saturated heterocycles. The lowest BCUT2D eigenvalue weighted by Gasteiger charge is -2.08. The van der Waals surface area contributed by atoms with E-state index in [1.54, 1.807) is 42.6 Å². The van der Waals surface area contributed by atoms with Gasteiger partial charge in [-0.25, -0.2) is 9.78 Å². The Morgan fingerprint density at radius 2 is 1.78 bits per heavy atom. The van der Waals surface area contributed by atoms with E-state index in [0.717, 1.165) is 17.7 Å². The largest absolute Gasteiger partial charge is 0.494 e. The predicted octanol–water partition coefficient (Wildman–Crippen LogP) is 3.65. The van der Waals surface area contributed by atoms with Crippen LogP contribution in [0.5, 0.6) is 11.5 Å². The van der Waals surface area contributed by atoms with Crippen molar-refractivity contribution in [1.29, 1.82) is 0 Å². The third-order valence-corrected chi connectivity index (χ3v) is 3.07. The Bertz CT molecular complexity index is 613. The van der Waals surface area contributed by atoms with Crippen LogP contribution in [0.4, 0.5) is 0 Å². The molecule has 0 saturated carbocycles. The zero-order valence-corrected chi connectivity index (χ0v) is 13.6. The summed E-state index contributed by atoms with van der Waals surface area (Å²) in [6, 6.07) is 10.5. The molecular weight excluding hydrogens is 318 g/mol. The van der Waals surface area contributed by atoms with Crippen molar-refractivity contribution in [2.24, 2.45) is 0 Å².